The van der Waals surface area contributed by atoms with Gasteiger partial charge in [-0.15, -0.1) is 11.3 Å². The van der Waals surface area contributed by atoms with Crippen LogP contribution < -0.4 is 10.1 Å². The van der Waals surface area contributed by atoms with Gasteiger partial charge in [-0.25, -0.2) is 9.37 Å². The summed E-state index contributed by atoms with van der Waals surface area (Å²) in [4.78, 5) is 17.4. The molecule has 27 heavy (non-hydrogen) atoms. The highest BCUT2D eigenvalue weighted by molar-refractivity contribution is 7.15. The van der Waals surface area contributed by atoms with Crippen LogP contribution in [0.1, 0.15) is 21.6 Å². The number of aromatic nitrogens is 1. The summed E-state index contributed by atoms with van der Waals surface area (Å²) in [5.41, 5.74) is 2.23. The largest absolute Gasteiger partial charge is 0.494 e. The molecule has 136 valence electrons. The van der Waals surface area contributed by atoms with Gasteiger partial charge in [0.05, 0.1) is 25.2 Å². The fourth-order valence-electron chi connectivity index (χ4n) is 2.51. The lowest BCUT2D eigenvalue weighted by Crippen LogP contribution is -2.14. The minimum absolute atomic E-state index is 0.0471. The fourth-order valence-corrected chi connectivity index (χ4v) is 3.38. The van der Waals surface area contributed by atoms with Gasteiger partial charge >= 0.3 is 0 Å². The Morgan fingerprint density at radius 3 is 2.67 bits per heavy atom. The smallest absolute Gasteiger partial charge is 0.230 e. The van der Waals surface area contributed by atoms with Crippen molar-refractivity contribution in [3.05, 3.63) is 76.0 Å². The number of nitrogens with one attached hydrogen (secondary N) is 1. The van der Waals surface area contributed by atoms with Crippen molar-refractivity contribution in [3.8, 4) is 11.8 Å². The first-order chi connectivity index (χ1) is 13.1. The van der Waals surface area contributed by atoms with E-state index in [1.807, 2.05) is 12.1 Å². The average molecular weight is 381 g/mol. The number of rotatable bonds is 6. The second-order valence-corrected chi connectivity index (χ2v) is 6.93. The van der Waals surface area contributed by atoms with Crippen LogP contribution in [-0.4, -0.2) is 18.0 Å². The van der Waals surface area contributed by atoms with Crippen LogP contribution in [0.3, 0.4) is 0 Å². The number of benzene rings is 2. The van der Waals surface area contributed by atoms with Crippen molar-refractivity contribution < 1.29 is 13.9 Å². The summed E-state index contributed by atoms with van der Waals surface area (Å²) in [6.45, 7) is 0. The number of amides is 1. The summed E-state index contributed by atoms with van der Waals surface area (Å²) >= 11 is 1.38. The van der Waals surface area contributed by atoms with Gasteiger partial charge in [-0.3, -0.25) is 4.79 Å². The number of nitriles is 1. The Morgan fingerprint density at radius 2 is 2.00 bits per heavy atom. The van der Waals surface area contributed by atoms with Crippen LogP contribution in [0.25, 0.3) is 0 Å². The molecule has 0 radical (unpaired) electrons. The summed E-state index contributed by atoms with van der Waals surface area (Å²) in [5, 5.41) is 12.1. The summed E-state index contributed by atoms with van der Waals surface area (Å²) in [6, 6.07) is 13.9. The quantitative estimate of drug-likeness (QED) is 0.702. The summed E-state index contributed by atoms with van der Waals surface area (Å²) < 4.78 is 18.6. The zero-order chi connectivity index (χ0) is 19.2. The molecule has 0 saturated carbocycles. The molecule has 0 spiro atoms. The first kappa shape index (κ1) is 18.5. The van der Waals surface area contributed by atoms with E-state index in [-0.39, 0.29) is 18.1 Å². The van der Waals surface area contributed by atoms with E-state index < -0.39 is 5.82 Å². The Morgan fingerprint density at radius 1 is 1.26 bits per heavy atom. The molecule has 1 aromatic heterocycles. The van der Waals surface area contributed by atoms with E-state index in [4.69, 9.17) is 10.00 Å². The Kier molecular flexibility index (Phi) is 5.79. The molecule has 0 unspecified atom stereocenters. The number of nitrogens with zero attached hydrogens (tertiary/aromatic N) is 2. The molecule has 0 aliphatic rings. The van der Waals surface area contributed by atoms with E-state index in [1.54, 1.807) is 24.4 Å². The first-order valence-electron chi connectivity index (χ1n) is 8.13. The van der Waals surface area contributed by atoms with Gasteiger partial charge in [0.15, 0.2) is 16.7 Å². The van der Waals surface area contributed by atoms with Gasteiger partial charge in [-0.1, -0.05) is 18.2 Å². The molecule has 1 heterocycles. The standard InChI is InChI=1S/C20H16FN3O2S/c1-26-18-7-6-15(9-17(18)21)10-19(25)24-20-23-12-16(27-20)8-13-2-4-14(11-22)5-3-13/h2-7,9,12H,8,10H2,1H3,(H,23,24,25). The number of halogens is 1. The fraction of sp³-hybridized carbons (Fsp3) is 0.150. The molecular weight excluding hydrogens is 365 g/mol. The molecule has 7 heteroatoms. The molecule has 3 rings (SSSR count). The third-order valence-corrected chi connectivity index (χ3v) is 4.75. The third-order valence-electron chi connectivity index (χ3n) is 3.84. The van der Waals surface area contributed by atoms with E-state index in [1.165, 1.54) is 30.6 Å². The van der Waals surface area contributed by atoms with Crippen LogP contribution in [-0.2, 0) is 17.6 Å². The van der Waals surface area contributed by atoms with Crippen LogP contribution in [0.15, 0.2) is 48.7 Å². The van der Waals surface area contributed by atoms with Gasteiger partial charge in [0.2, 0.25) is 5.91 Å². The SMILES string of the molecule is COc1ccc(CC(=O)Nc2ncc(Cc3ccc(C#N)cc3)s2)cc1F. The highest BCUT2D eigenvalue weighted by Gasteiger charge is 2.10. The molecule has 0 bridgehead atoms. The predicted molar refractivity (Wildman–Crippen MR) is 101 cm³/mol. The Bertz CT molecular complexity index is 993. The van der Waals surface area contributed by atoms with Gasteiger partial charge < -0.3 is 10.1 Å². The average Bonchev–Trinajstić information content (AvgIpc) is 3.09. The van der Waals surface area contributed by atoms with Crippen molar-refractivity contribution >= 4 is 22.4 Å². The van der Waals surface area contributed by atoms with Crippen LogP contribution in [0.5, 0.6) is 5.75 Å². The van der Waals surface area contributed by atoms with Gasteiger partial charge in [0.25, 0.3) is 0 Å². The summed E-state index contributed by atoms with van der Waals surface area (Å²) in [6.07, 6.45) is 2.43. The van der Waals surface area contributed by atoms with E-state index in [9.17, 15) is 9.18 Å². The monoisotopic (exact) mass is 381 g/mol. The van der Waals surface area contributed by atoms with Crippen molar-refractivity contribution in [2.45, 2.75) is 12.8 Å². The first-order valence-corrected chi connectivity index (χ1v) is 8.95. The van der Waals surface area contributed by atoms with Crippen molar-refractivity contribution in [2.24, 2.45) is 0 Å². The molecule has 1 amide bonds. The van der Waals surface area contributed by atoms with Gasteiger partial charge in [-0.2, -0.15) is 5.26 Å². The van der Waals surface area contributed by atoms with Crippen molar-refractivity contribution in [1.29, 1.82) is 5.26 Å². The highest BCUT2D eigenvalue weighted by Crippen LogP contribution is 2.22. The molecule has 0 aliphatic carbocycles. The Balaban J connectivity index is 1.58. The molecule has 0 aliphatic heterocycles. The molecule has 0 saturated heterocycles. The maximum atomic E-state index is 13.7. The minimum atomic E-state index is -0.498. The van der Waals surface area contributed by atoms with E-state index in [0.717, 1.165) is 10.4 Å². The van der Waals surface area contributed by atoms with Crippen LogP contribution in [0.2, 0.25) is 0 Å². The molecule has 2 aromatic carbocycles. The van der Waals surface area contributed by atoms with E-state index >= 15 is 0 Å². The van der Waals surface area contributed by atoms with E-state index in [2.05, 4.69) is 16.4 Å². The Labute approximate surface area is 160 Å². The number of hydrogen-bond acceptors (Lipinski definition) is 5. The number of hydrogen-bond donors (Lipinski definition) is 1. The number of carbonyl (C=O) groups excluding carboxylic acids is 1. The zero-order valence-electron chi connectivity index (χ0n) is 14.5. The maximum Gasteiger partial charge on any atom is 0.230 e. The van der Waals surface area contributed by atoms with Gasteiger partial charge in [0, 0.05) is 17.5 Å². The van der Waals surface area contributed by atoms with Crippen LogP contribution >= 0.6 is 11.3 Å². The normalized spacial score (nSPS) is 10.3. The number of anilines is 1. The van der Waals surface area contributed by atoms with Crippen molar-refractivity contribution in [2.75, 3.05) is 12.4 Å². The minimum Gasteiger partial charge on any atom is -0.494 e. The van der Waals surface area contributed by atoms with Crippen molar-refractivity contribution in [1.82, 2.24) is 4.98 Å². The third kappa shape index (κ3) is 4.90. The lowest BCUT2D eigenvalue weighted by Gasteiger charge is -2.05. The highest BCUT2D eigenvalue weighted by atomic mass is 32.1. The maximum absolute atomic E-state index is 13.7. The molecule has 1 N–H and O–H groups in total. The molecular formula is C20H16FN3O2S. The number of ether oxygens (including phenoxy) is 1. The van der Waals surface area contributed by atoms with E-state index in [0.29, 0.717) is 22.7 Å². The van der Waals surface area contributed by atoms with Crippen molar-refractivity contribution in [3.63, 3.8) is 0 Å². The summed E-state index contributed by atoms with van der Waals surface area (Å²) in [7, 11) is 1.39. The Hall–Kier alpha value is -3.24. The number of thiazole rings is 1. The predicted octanol–water partition coefficient (Wildman–Crippen LogP) is 3.93. The molecule has 0 fully saturated rings. The van der Waals surface area contributed by atoms with Gasteiger partial charge in [-0.05, 0) is 35.4 Å². The zero-order valence-corrected chi connectivity index (χ0v) is 15.3. The molecule has 5 nitrogen and oxygen atoms in total. The topological polar surface area (TPSA) is 75.0 Å². The second kappa shape index (κ2) is 8.43. The van der Waals surface area contributed by atoms with Crippen LogP contribution in [0.4, 0.5) is 9.52 Å². The lowest BCUT2D eigenvalue weighted by atomic mass is 10.1. The lowest BCUT2D eigenvalue weighted by molar-refractivity contribution is -0.115. The number of carbonyl (C=O) groups is 1. The molecule has 0 atom stereocenters. The number of methoxy groups -OCH3 is 1. The second-order valence-electron chi connectivity index (χ2n) is 5.81. The van der Waals surface area contributed by atoms with Crippen LogP contribution in [0, 0.1) is 17.1 Å². The molecule has 3 aromatic rings. The summed E-state index contributed by atoms with van der Waals surface area (Å²) in [5.74, 6) is -0.618. The van der Waals surface area contributed by atoms with Gasteiger partial charge in [0.1, 0.15) is 0 Å².